The minimum atomic E-state index is -0.989. The zero-order valence-corrected chi connectivity index (χ0v) is 7.18. The van der Waals surface area contributed by atoms with Crippen LogP contribution in [0.15, 0.2) is 0 Å². The van der Waals surface area contributed by atoms with Crippen LogP contribution in [0.5, 0.6) is 0 Å². The zero-order valence-electron chi connectivity index (χ0n) is 7.18. The molecule has 1 amide bonds. The molecule has 3 unspecified atom stereocenters. The third-order valence-electron chi connectivity index (χ3n) is 3.08. The SMILES string of the molecule is O=C(O)N1CC2CC(O)CC2(O)C1. The number of nitrogens with zero attached hydrogens (tertiary/aromatic N) is 1. The molecular weight excluding hydrogens is 174 g/mol. The van der Waals surface area contributed by atoms with Gasteiger partial charge in [-0.05, 0) is 6.42 Å². The van der Waals surface area contributed by atoms with Gasteiger partial charge in [0.15, 0.2) is 0 Å². The number of hydrogen-bond donors (Lipinski definition) is 3. The van der Waals surface area contributed by atoms with E-state index in [0.717, 1.165) is 0 Å². The van der Waals surface area contributed by atoms with Crippen LogP contribution in [0.25, 0.3) is 0 Å². The molecule has 3 N–H and O–H groups in total. The molecular formula is C8H13NO4. The highest BCUT2D eigenvalue weighted by Gasteiger charge is 2.52. The topological polar surface area (TPSA) is 81.0 Å². The van der Waals surface area contributed by atoms with Crippen molar-refractivity contribution < 1.29 is 20.1 Å². The first-order chi connectivity index (χ1) is 6.01. The Hall–Kier alpha value is -0.810. The van der Waals surface area contributed by atoms with Crippen LogP contribution in [0.3, 0.4) is 0 Å². The summed E-state index contributed by atoms with van der Waals surface area (Å²) in [5.74, 6) is -0.0846. The van der Waals surface area contributed by atoms with Crippen LogP contribution in [0.2, 0.25) is 0 Å². The van der Waals surface area contributed by atoms with Gasteiger partial charge in [-0.25, -0.2) is 4.79 Å². The molecule has 2 aliphatic rings. The first-order valence-electron chi connectivity index (χ1n) is 4.39. The summed E-state index contributed by atoms with van der Waals surface area (Å²) in [7, 11) is 0. The molecule has 5 heteroatoms. The second-order valence-corrected chi connectivity index (χ2v) is 4.06. The van der Waals surface area contributed by atoms with Gasteiger partial charge in [-0.15, -0.1) is 0 Å². The molecule has 5 nitrogen and oxygen atoms in total. The summed E-state index contributed by atoms with van der Waals surface area (Å²) >= 11 is 0. The molecule has 0 spiro atoms. The van der Waals surface area contributed by atoms with Crippen LogP contribution in [0, 0.1) is 5.92 Å². The molecule has 1 aliphatic carbocycles. The second kappa shape index (κ2) is 2.59. The zero-order chi connectivity index (χ0) is 9.64. The van der Waals surface area contributed by atoms with Crippen LogP contribution in [-0.4, -0.2) is 51.1 Å². The predicted octanol–water partition coefficient (Wildman–Crippen LogP) is -0.518. The fourth-order valence-corrected chi connectivity index (χ4v) is 2.45. The predicted molar refractivity (Wildman–Crippen MR) is 43.3 cm³/mol. The lowest BCUT2D eigenvalue weighted by Gasteiger charge is -2.20. The molecule has 0 bridgehead atoms. The summed E-state index contributed by atoms with van der Waals surface area (Å²) in [5.41, 5.74) is -0.974. The molecule has 1 heterocycles. The number of aliphatic hydroxyl groups is 2. The maximum atomic E-state index is 10.6. The number of carboxylic acid groups (broad SMARTS) is 1. The molecule has 3 atom stereocenters. The van der Waals surface area contributed by atoms with Crippen molar-refractivity contribution in [3.63, 3.8) is 0 Å². The number of carbonyl (C=O) groups is 1. The Morgan fingerprint density at radius 3 is 2.77 bits per heavy atom. The smallest absolute Gasteiger partial charge is 0.407 e. The highest BCUT2D eigenvalue weighted by Crippen LogP contribution is 2.41. The summed E-state index contributed by atoms with van der Waals surface area (Å²) in [6.45, 7) is 0.493. The summed E-state index contributed by atoms with van der Waals surface area (Å²) in [4.78, 5) is 11.8. The maximum absolute atomic E-state index is 10.6. The van der Waals surface area contributed by atoms with Gasteiger partial charge in [-0.2, -0.15) is 0 Å². The normalized spacial score (nSPS) is 43.7. The summed E-state index contributed by atoms with van der Waals surface area (Å²) in [5, 5.41) is 28.0. The molecule has 0 aromatic heterocycles. The van der Waals surface area contributed by atoms with E-state index in [1.165, 1.54) is 4.90 Å². The van der Waals surface area contributed by atoms with Gasteiger partial charge in [0.25, 0.3) is 0 Å². The van der Waals surface area contributed by atoms with Crippen molar-refractivity contribution in [2.24, 2.45) is 5.92 Å². The van der Waals surface area contributed by atoms with Gasteiger partial charge in [0.05, 0.1) is 18.2 Å². The molecule has 2 rings (SSSR count). The van der Waals surface area contributed by atoms with E-state index in [1.54, 1.807) is 0 Å². The van der Waals surface area contributed by atoms with Crippen molar-refractivity contribution in [1.82, 2.24) is 4.90 Å². The van der Waals surface area contributed by atoms with E-state index < -0.39 is 17.8 Å². The fraction of sp³-hybridized carbons (Fsp3) is 0.875. The van der Waals surface area contributed by atoms with Crippen molar-refractivity contribution in [1.29, 1.82) is 0 Å². The average molecular weight is 187 g/mol. The summed E-state index contributed by atoms with van der Waals surface area (Å²) in [6.07, 6.45) is -0.634. The van der Waals surface area contributed by atoms with E-state index >= 15 is 0 Å². The Bertz CT molecular complexity index is 244. The van der Waals surface area contributed by atoms with Gasteiger partial charge in [0.1, 0.15) is 0 Å². The van der Waals surface area contributed by atoms with E-state index in [-0.39, 0.29) is 12.5 Å². The summed E-state index contributed by atoms with van der Waals surface area (Å²) < 4.78 is 0. The van der Waals surface area contributed by atoms with Crippen LogP contribution in [0.4, 0.5) is 4.79 Å². The van der Waals surface area contributed by atoms with E-state index in [1.807, 2.05) is 0 Å². The number of β-amino-alcohol motifs (C(OH)–C–C–N with tert-alkyl or cyclic N) is 1. The van der Waals surface area contributed by atoms with Crippen LogP contribution in [0.1, 0.15) is 12.8 Å². The highest BCUT2D eigenvalue weighted by atomic mass is 16.4. The largest absolute Gasteiger partial charge is 0.465 e. The fourth-order valence-electron chi connectivity index (χ4n) is 2.45. The molecule has 1 saturated carbocycles. The average Bonchev–Trinajstić information content (AvgIpc) is 2.38. The first-order valence-corrected chi connectivity index (χ1v) is 4.39. The van der Waals surface area contributed by atoms with Crippen molar-refractivity contribution >= 4 is 6.09 Å². The third kappa shape index (κ3) is 1.28. The van der Waals surface area contributed by atoms with Crippen molar-refractivity contribution in [3.8, 4) is 0 Å². The van der Waals surface area contributed by atoms with E-state index in [2.05, 4.69) is 0 Å². The lowest BCUT2D eigenvalue weighted by atomic mass is 9.95. The van der Waals surface area contributed by atoms with Crippen LogP contribution in [-0.2, 0) is 0 Å². The third-order valence-corrected chi connectivity index (χ3v) is 3.08. The molecule has 0 radical (unpaired) electrons. The Morgan fingerprint density at radius 1 is 1.54 bits per heavy atom. The number of amides is 1. The standard InChI is InChI=1S/C8H13NO4/c10-6-1-5-3-9(7(11)12)4-8(5,13)2-6/h5-6,10,13H,1-4H2,(H,11,12). The number of rotatable bonds is 0. The van der Waals surface area contributed by atoms with Gasteiger partial charge < -0.3 is 20.2 Å². The van der Waals surface area contributed by atoms with E-state index in [9.17, 15) is 15.0 Å². The molecule has 1 aliphatic heterocycles. The number of hydrogen-bond acceptors (Lipinski definition) is 3. The lowest BCUT2D eigenvalue weighted by Crippen LogP contribution is -2.36. The Kier molecular flexibility index (Phi) is 1.75. The monoisotopic (exact) mass is 187 g/mol. The molecule has 0 aromatic carbocycles. The minimum Gasteiger partial charge on any atom is -0.465 e. The van der Waals surface area contributed by atoms with E-state index in [0.29, 0.717) is 19.4 Å². The van der Waals surface area contributed by atoms with E-state index in [4.69, 9.17) is 5.11 Å². The highest BCUT2D eigenvalue weighted by molar-refractivity contribution is 5.65. The molecule has 13 heavy (non-hydrogen) atoms. The number of fused-ring (bicyclic) bond motifs is 1. The molecule has 0 aromatic rings. The van der Waals surface area contributed by atoms with Crippen molar-refractivity contribution in [3.05, 3.63) is 0 Å². The van der Waals surface area contributed by atoms with Crippen molar-refractivity contribution in [2.45, 2.75) is 24.5 Å². The lowest BCUT2D eigenvalue weighted by molar-refractivity contribution is 0.0201. The Morgan fingerprint density at radius 2 is 2.23 bits per heavy atom. The Labute approximate surface area is 75.6 Å². The minimum absolute atomic E-state index is 0.0846. The van der Waals surface area contributed by atoms with Gasteiger partial charge in [0.2, 0.25) is 0 Å². The number of aliphatic hydroxyl groups excluding tert-OH is 1. The van der Waals surface area contributed by atoms with Gasteiger partial charge in [-0.1, -0.05) is 0 Å². The quantitative estimate of drug-likeness (QED) is 0.476. The second-order valence-electron chi connectivity index (χ2n) is 4.06. The maximum Gasteiger partial charge on any atom is 0.407 e. The molecule has 74 valence electrons. The van der Waals surface area contributed by atoms with Gasteiger partial charge >= 0.3 is 6.09 Å². The molecule has 1 saturated heterocycles. The Balaban J connectivity index is 2.10. The molecule has 2 fully saturated rings. The van der Waals surface area contributed by atoms with Crippen LogP contribution < -0.4 is 0 Å². The summed E-state index contributed by atoms with van der Waals surface area (Å²) in [6, 6.07) is 0. The number of likely N-dealkylation sites (tertiary alicyclic amines) is 1. The first kappa shape index (κ1) is 8.77. The van der Waals surface area contributed by atoms with Crippen molar-refractivity contribution in [2.75, 3.05) is 13.1 Å². The van der Waals surface area contributed by atoms with Gasteiger partial charge in [0, 0.05) is 18.9 Å². The van der Waals surface area contributed by atoms with Crippen LogP contribution >= 0.6 is 0 Å². The van der Waals surface area contributed by atoms with Gasteiger partial charge in [-0.3, -0.25) is 0 Å².